The maximum atomic E-state index is 11.3. The van der Waals surface area contributed by atoms with E-state index in [4.69, 9.17) is 9.26 Å². The minimum Gasteiger partial charge on any atom is -0.480 e. The van der Waals surface area contributed by atoms with E-state index in [-0.39, 0.29) is 19.0 Å². The van der Waals surface area contributed by atoms with E-state index in [0.717, 1.165) is 27.8 Å². The standard InChI is InChI=1S/C30H33N3O4.ClH/c1-20(2)16-33(18-28(34)35)17-22-9-7-10-23(14-22)29-31-30(37-32-29)24-12-13-27(25(15-24)19-36-4)26-11-6-5-8-21(26)3;/h5-15,20H,16-19H2,1-4H3,(H,34,35);1H. The Bertz CT molecular complexity index is 1370. The number of methoxy groups -OCH3 is 1. The first-order valence-corrected chi connectivity index (χ1v) is 12.4. The van der Waals surface area contributed by atoms with Gasteiger partial charge < -0.3 is 14.4 Å². The highest BCUT2D eigenvalue weighted by Gasteiger charge is 2.16. The van der Waals surface area contributed by atoms with Gasteiger partial charge in [-0.1, -0.05) is 67.5 Å². The van der Waals surface area contributed by atoms with E-state index in [1.165, 1.54) is 11.1 Å². The molecule has 7 nitrogen and oxygen atoms in total. The summed E-state index contributed by atoms with van der Waals surface area (Å²) in [6.45, 7) is 7.95. The van der Waals surface area contributed by atoms with Gasteiger partial charge in [-0.3, -0.25) is 9.69 Å². The first-order valence-electron chi connectivity index (χ1n) is 12.4. The van der Waals surface area contributed by atoms with E-state index < -0.39 is 5.97 Å². The highest BCUT2D eigenvalue weighted by Crippen LogP contribution is 2.31. The van der Waals surface area contributed by atoms with Gasteiger partial charge in [-0.15, -0.1) is 12.4 Å². The Morgan fingerprint density at radius 3 is 2.53 bits per heavy atom. The average molecular weight is 536 g/mol. The highest BCUT2D eigenvalue weighted by molar-refractivity contribution is 5.85. The minimum atomic E-state index is -0.832. The second-order valence-electron chi connectivity index (χ2n) is 9.70. The normalized spacial score (nSPS) is 11.1. The Morgan fingerprint density at radius 1 is 1.03 bits per heavy atom. The van der Waals surface area contributed by atoms with E-state index in [2.05, 4.69) is 49.1 Å². The molecule has 4 aromatic rings. The van der Waals surface area contributed by atoms with Crippen molar-refractivity contribution in [1.82, 2.24) is 15.0 Å². The zero-order chi connectivity index (χ0) is 26.4. The summed E-state index contributed by atoms with van der Waals surface area (Å²) >= 11 is 0. The van der Waals surface area contributed by atoms with Crippen molar-refractivity contribution in [2.75, 3.05) is 20.2 Å². The monoisotopic (exact) mass is 535 g/mol. The third kappa shape index (κ3) is 7.28. The second-order valence-corrected chi connectivity index (χ2v) is 9.70. The van der Waals surface area contributed by atoms with Gasteiger partial charge in [-0.05, 0) is 58.9 Å². The number of benzene rings is 3. The topological polar surface area (TPSA) is 88.7 Å². The van der Waals surface area contributed by atoms with Gasteiger partial charge in [-0.2, -0.15) is 4.98 Å². The van der Waals surface area contributed by atoms with Crippen LogP contribution in [-0.4, -0.2) is 46.3 Å². The number of carbonyl (C=O) groups is 1. The van der Waals surface area contributed by atoms with Crippen molar-refractivity contribution < 1.29 is 19.2 Å². The summed E-state index contributed by atoms with van der Waals surface area (Å²) in [5, 5.41) is 13.5. The van der Waals surface area contributed by atoms with Crippen LogP contribution in [0.3, 0.4) is 0 Å². The number of aryl methyl sites for hydroxylation is 1. The summed E-state index contributed by atoms with van der Waals surface area (Å²) < 4.78 is 11.1. The van der Waals surface area contributed by atoms with E-state index in [1.807, 2.05) is 53.4 Å². The third-order valence-electron chi connectivity index (χ3n) is 6.09. The van der Waals surface area contributed by atoms with Crippen LogP contribution < -0.4 is 0 Å². The molecule has 0 unspecified atom stereocenters. The van der Waals surface area contributed by atoms with Gasteiger partial charge in [0, 0.05) is 31.3 Å². The molecule has 0 fully saturated rings. The predicted molar refractivity (Wildman–Crippen MR) is 151 cm³/mol. The van der Waals surface area contributed by atoms with Crippen LogP contribution in [0.4, 0.5) is 0 Å². The van der Waals surface area contributed by atoms with E-state index >= 15 is 0 Å². The van der Waals surface area contributed by atoms with Gasteiger partial charge in [0.15, 0.2) is 0 Å². The zero-order valence-electron chi connectivity index (χ0n) is 22.2. The molecule has 0 aliphatic carbocycles. The second kappa shape index (κ2) is 13.3. The van der Waals surface area contributed by atoms with Crippen LogP contribution in [-0.2, 0) is 22.7 Å². The lowest BCUT2D eigenvalue weighted by molar-refractivity contribution is -0.138. The van der Waals surface area contributed by atoms with Crippen molar-refractivity contribution in [3.8, 4) is 34.0 Å². The molecular weight excluding hydrogens is 502 g/mol. The Kier molecular flexibility index (Phi) is 10.2. The average Bonchev–Trinajstić information content (AvgIpc) is 3.35. The Morgan fingerprint density at radius 2 is 1.82 bits per heavy atom. The lowest BCUT2D eigenvalue weighted by Gasteiger charge is -2.22. The summed E-state index contributed by atoms with van der Waals surface area (Å²) in [7, 11) is 1.69. The molecule has 0 atom stereocenters. The molecule has 3 aromatic carbocycles. The molecule has 0 radical (unpaired) electrons. The predicted octanol–water partition coefficient (Wildman–Crippen LogP) is 6.49. The molecule has 0 amide bonds. The van der Waals surface area contributed by atoms with Crippen molar-refractivity contribution in [1.29, 1.82) is 0 Å². The van der Waals surface area contributed by atoms with Gasteiger partial charge >= 0.3 is 5.97 Å². The Labute approximate surface area is 229 Å². The number of carboxylic acid groups (broad SMARTS) is 1. The van der Waals surface area contributed by atoms with Gasteiger partial charge in [0.25, 0.3) is 5.89 Å². The van der Waals surface area contributed by atoms with Gasteiger partial charge in [0.05, 0.1) is 13.2 Å². The molecule has 0 bridgehead atoms. The molecule has 0 saturated carbocycles. The maximum absolute atomic E-state index is 11.3. The quantitative estimate of drug-likeness (QED) is 0.235. The fourth-order valence-corrected chi connectivity index (χ4v) is 4.56. The van der Waals surface area contributed by atoms with E-state index in [1.54, 1.807) is 7.11 Å². The molecule has 38 heavy (non-hydrogen) atoms. The zero-order valence-corrected chi connectivity index (χ0v) is 23.0. The first-order chi connectivity index (χ1) is 17.8. The summed E-state index contributed by atoms with van der Waals surface area (Å²) in [6.07, 6.45) is 0. The van der Waals surface area contributed by atoms with Crippen molar-refractivity contribution in [3.63, 3.8) is 0 Å². The van der Waals surface area contributed by atoms with Gasteiger partial charge in [-0.25, -0.2) is 0 Å². The molecule has 8 heteroatoms. The number of carboxylic acids is 1. The van der Waals surface area contributed by atoms with Crippen molar-refractivity contribution in [2.24, 2.45) is 5.92 Å². The lowest BCUT2D eigenvalue weighted by Crippen LogP contribution is -2.32. The summed E-state index contributed by atoms with van der Waals surface area (Å²) in [5.74, 6) is 0.451. The summed E-state index contributed by atoms with van der Waals surface area (Å²) in [4.78, 5) is 17.9. The molecule has 1 heterocycles. The van der Waals surface area contributed by atoms with Crippen molar-refractivity contribution >= 4 is 18.4 Å². The number of rotatable bonds is 11. The SMILES string of the molecule is COCc1cc(-c2nc(-c3cccc(CN(CC(=O)O)CC(C)C)c3)no2)ccc1-c1ccccc1C.Cl. The van der Waals surface area contributed by atoms with Crippen LogP contribution in [0, 0.1) is 12.8 Å². The molecule has 4 rings (SSSR count). The number of nitrogens with zero attached hydrogens (tertiary/aromatic N) is 3. The molecule has 200 valence electrons. The number of aromatic nitrogens is 2. The Hall–Kier alpha value is -3.52. The number of halogens is 1. The number of hydrogen-bond acceptors (Lipinski definition) is 6. The van der Waals surface area contributed by atoms with E-state index in [9.17, 15) is 9.90 Å². The molecule has 0 spiro atoms. The molecule has 0 aliphatic heterocycles. The van der Waals surface area contributed by atoms with Gasteiger partial charge in [0.1, 0.15) is 0 Å². The summed E-state index contributed by atoms with van der Waals surface area (Å²) in [5.41, 5.74) is 7.16. The molecular formula is C30H34ClN3O4. The van der Waals surface area contributed by atoms with Crippen LogP contribution in [0.5, 0.6) is 0 Å². The summed E-state index contributed by atoms with van der Waals surface area (Å²) in [6, 6.07) is 22.2. The largest absolute Gasteiger partial charge is 0.480 e. The number of aliphatic carboxylic acids is 1. The van der Waals surface area contributed by atoms with Gasteiger partial charge in [0.2, 0.25) is 5.82 Å². The molecule has 0 saturated heterocycles. The van der Waals surface area contributed by atoms with Crippen LogP contribution in [0.25, 0.3) is 34.0 Å². The first kappa shape index (κ1) is 29.0. The van der Waals surface area contributed by atoms with Crippen LogP contribution in [0.1, 0.15) is 30.5 Å². The van der Waals surface area contributed by atoms with Crippen molar-refractivity contribution in [3.05, 3.63) is 83.4 Å². The van der Waals surface area contributed by atoms with E-state index in [0.29, 0.717) is 37.3 Å². The molecule has 1 N–H and O–H groups in total. The molecule has 1 aromatic heterocycles. The smallest absolute Gasteiger partial charge is 0.317 e. The minimum absolute atomic E-state index is 0. The number of hydrogen-bond donors (Lipinski definition) is 1. The number of ether oxygens (including phenoxy) is 1. The lowest BCUT2D eigenvalue weighted by atomic mass is 9.94. The Balaban J connectivity index is 0.00000400. The highest BCUT2D eigenvalue weighted by atomic mass is 35.5. The maximum Gasteiger partial charge on any atom is 0.317 e. The third-order valence-corrected chi connectivity index (χ3v) is 6.09. The van der Waals surface area contributed by atoms with Crippen LogP contribution in [0.2, 0.25) is 0 Å². The van der Waals surface area contributed by atoms with Crippen LogP contribution in [0.15, 0.2) is 71.3 Å². The van der Waals surface area contributed by atoms with Crippen molar-refractivity contribution in [2.45, 2.75) is 33.9 Å². The fraction of sp³-hybridized carbons (Fsp3) is 0.300. The van der Waals surface area contributed by atoms with Crippen LogP contribution >= 0.6 is 12.4 Å². The fourth-order valence-electron chi connectivity index (χ4n) is 4.56. The molecule has 0 aliphatic rings.